The van der Waals surface area contributed by atoms with Crippen LogP contribution in [-0.4, -0.2) is 38.1 Å². The number of likely N-dealkylation sites (tertiary alicyclic amines) is 1. The van der Waals surface area contributed by atoms with Gasteiger partial charge in [-0.15, -0.1) is 0 Å². The van der Waals surface area contributed by atoms with Crippen molar-refractivity contribution in [2.75, 3.05) is 13.1 Å². The van der Waals surface area contributed by atoms with Crippen molar-refractivity contribution < 1.29 is 4.79 Å². The summed E-state index contributed by atoms with van der Waals surface area (Å²) in [6.45, 7) is 1.79. The number of hydrogen-bond donors (Lipinski definition) is 2. The third kappa shape index (κ3) is 5.29. The molecule has 0 unspecified atom stereocenters. The summed E-state index contributed by atoms with van der Waals surface area (Å²) in [6.07, 6.45) is 1.73. The molecule has 0 saturated carbocycles. The summed E-state index contributed by atoms with van der Waals surface area (Å²) in [7, 11) is 0. The highest BCUT2D eigenvalue weighted by molar-refractivity contribution is 7.80. The lowest BCUT2D eigenvalue weighted by Gasteiger charge is -2.35. The quantitative estimate of drug-likeness (QED) is 0.365. The molecule has 37 heavy (non-hydrogen) atoms. The van der Waals surface area contributed by atoms with Crippen LogP contribution in [0.2, 0.25) is 0 Å². The van der Waals surface area contributed by atoms with Gasteiger partial charge in [0.1, 0.15) is 0 Å². The molecule has 0 aliphatic carbocycles. The van der Waals surface area contributed by atoms with Gasteiger partial charge in [-0.3, -0.25) is 13.9 Å². The number of nitrogens with zero attached hydrogens (tertiary/aromatic N) is 3. The minimum atomic E-state index is -0.414. The Morgan fingerprint density at radius 1 is 0.892 bits per heavy atom. The Kier molecular flexibility index (Phi) is 7.37. The van der Waals surface area contributed by atoms with Gasteiger partial charge in [0, 0.05) is 32.1 Å². The number of para-hydroxylation sites is 2. The van der Waals surface area contributed by atoms with Gasteiger partial charge in [-0.25, -0.2) is 4.79 Å². The molecule has 4 aromatic rings. The number of piperidine rings is 1. The molecule has 8 heteroatoms. The van der Waals surface area contributed by atoms with Crippen LogP contribution in [0.4, 0.5) is 0 Å². The van der Waals surface area contributed by atoms with Gasteiger partial charge in [0.05, 0.1) is 17.1 Å². The predicted molar refractivity (Wildman–Crippen MR) is 150 cm³/mol. The number of carbonyl (C=O) groups is 1. The fraction of sp³-hybridized carbons (Fsp3) is 0.276. The van der Waals surface area contributed by atoms with Crippen LogP contribution in [-0.2, 0) is 11.3 Å². The summed E-state index contributed by atoms with van der Waals surface area (Å²) < 4.78 is 3.56. The van der Waals surface area contributed by atoms with Crippen LogP contribution in [0.1, 0.15) is 42.5 Å². The number of amides is 1. The highest BCUT2D eigenvalue weighted by Gasteiger charge is 2.27. The van der Waals surface area contributed by atoms with E-state index in [1.165, 1.54) is 0 Å². The molecule has 3 N–H and O–H groups in total. The number of aryl methyl sites for hydroxylation is 1. The van der Waals surface area contributed by atoms with E-state index in [4.69, 9.17) is 18.0 Å². The summed E-state index contributed by atoms with van der Waals surface area (Å²) in [5.41, 5.74) is 9.30. The van der Waals surface area contributed by atoms with Gasteiger partial charge in [0.25, 0.3) is 0 Å². The lowest BCUT2D eigenvalue weighted by atomic mass is 9.99. The molecular weight excluding hydrogens is 482 g/mol. The minimum absolute atomic E-state index is 0.0431. The van der Waals surface area contributed by atoms with Crippen LogP contribution in [0.15, 0.2) is 89.7 Å². The number of imidazole rings is 1. The number of nitrogens with two attached hydrogens (primary N) is 1. The second kappa shape index (κ2) is 11.0. The Hall–Kier alpha value is -3.91. The zero-order chi connectivity index (χ0) is 25.8. The molecule has 1 aliphatic rings. The molecule has 7 nitrogen and oxygen atoms in total. The van der Waals surface area contributed by atoms with E-state index in [2.05, 4.69) is 34.5 Å². The maximum absolute atomic E-state index is 13.4. The normalized spacial score (nSPS) is 14.2. The third-order valence-corrected chi connectivity index (χ3v) is 7.48. The number of aromatic nitrogens is 2. The van der Waals surface area contributed by atoms with Gasteiger partial charge in [-0.1, -0.05) is 72.8 Å². The Labute approximate surface area is 221 Å². The Morgan fingerprint density at radius 3 is 2.00 bits per heavy atom. The number of fused-ring (bicyclic) bond motifs is 1. The molecule has 2 heterocycles. The summed E-state index contributed by atoms with van der Waals surface area (Å²) >= 11 is 5.87. The molecule has 0 atom stereocenters. The van der Waals surface area contributed by atoms with E-state index in [-0.39, 0.29) is 30.7 Å². The van der Waals surface area contributed by atoms with Crippen molar-refractivity contribution in [1.82, 2.24) is 19.4 Å². The lowest BCUT2D eigenvalue weighted by molar-refractivity contribution is -0.118. The first-order valence-electron chi connectivity index (χ1n) is 12.7. The van der Waals surface area contributed by atoms with Gasteiger partial charge < -0.3 is 16.0 Å². The summed E-state index contributed by atoms with van der Waals surface area (Å²) in [6, 6.07) is 28.4. The second-order valence-electron chi connectivity index (χ2n) is 9.43. The van der Waals surface area contributed by atoms with Crippen molar-refractivity contribution in [3.05, 3.63) is 107 Å². The first-order valence-corrected chi connectivity index (χ1v) is 13.1. The zero-order valence-corrected chi connectivity index (χ0v) is 21.4. The second-order valence-corrected chi connectivity index (χ2v) is 9.82. The molecule has 190 valence electrons. The van der Waals surface area contributed by atoms with E-state index in [0.717, 1.165) is 48.1 Å². The summed E-state index contributed by atoms with van der Waals surface area (Å²) in [5, 5.41) is 4.30. The van der Waals surface area contributed by atoms with Crippen molar-refractivity contribution in [3.63, 3.8) is 0 Å². The zero-order valence-electron chi connectivity index (χ0n) is 20.6. The Balaban J connectivity index is 1.32. The number of thiocarbonyl (C=S) groups is 1. The molecule has 0 spiro atoms. The molecule has 5 rings (SSSR count). The maximum Gasteiger partial charge on any atom is 0.329 e. The predicted octanol–water partition coefficient (Wildman–Crippen LogP) is 3.98. The van der Waals surface area contributed by atoms with Crippen LogP contribution < -0.4 is 16.7 Å². The topological polar surface area (TPSA) is 85.3 Å². The van der Waals surface area contributed by atoms with Gasteiger partial charge >= 0.3 is 5.69 Å². The number of rotatable bonds is 7. The molecule has 3 aromatic carbocycles. The van der Waals surface area contributed by atoms with Crippen molar-refractivity contribution in [2.24, 2.45) is 5.73 Å². The number of carbonyl (C=O) groups excluding carboxylic acids is 1. The van der Waals surface area contributed by atoms with Crippen LogP contribution in [0.5, 0.6) is 0 Å². The smallest absolute Gasteiger partial charge is 0.329 e. The number of primary amides is 1. The average molecular weight is 514 g/mol. The SMILES string of the molecule is NC(=O)CCn1c(=O)n(C2CCN(C(=S)NC(c3ccccc3)c3ccccc3)CC2)c2ccccc21. The fourth-order valence-electron chi connectivity index (χ4n) is 5.22. The highest BCUT2D eigenvalue weighted by Crippen LogP contribution is 2.27. The Morgan fingerprint density at radius 2 is 1.43 bits per heavy atom. The molecule has 1 fully saturated rings. The lowest BCUT2D eigenvalue weighted by Crippen LogP contribution is -2.46. The number of hydrogen-bond acceptors (Lipinski definition) is 3. The van der Waals surface area contributed by atoms with E-state index in [0.29, 0.717) is 5.11 Å². The largest absolute Gasteiger partial charge is 0.370 e. The van der Waals surface area contributed by atoms with Gasteiger partial charge in [0.15, 0.2) is 5.11 Å². The van der Waals surface area contributed by atoms with E-state index in [1.54, 1.807) is 4.57 Å². The van der Waals surface area contributed by atoms with Crippen LogP contribution in [0, 0.1) is 0 Å². The molecule has 1 amide bonds. The van der Waals surface area contributed by atoms with Crippen molar-refractivity contribution in [1.29, 1.82) is 0 Å². The van der Waals surface area contributed by atoms with Gasteiger partial charge in [-0.2, -0.15) is 0 Å². The van der Waals surface area contributed by atoms with E-state index in [1.807, 2.05) is 65.2 Å². The molecule has 0 radical (unpaired) electrons. The molecular formula is C29H31N5O2S. The van der Waals surface area contributed by atoms with E-state index >= 15 is 0 Å². The highest BCUT2D eigenvalue weighted by atomic mass is 32.1. The first kappa shape index (κ1) is 24.8. The van der Waals surface area contributed by atoms with Gasteiger partial charge in [0.2, 0.25) is 5.91 Å². The van der Waals surface area contributed by atoms with Crippen LogP contribution in [0.25, 0.3) is 11.0 Å². The fourth-order valence-corrected chi connectivity index (χ4v) is 5.52. The summed E-state index contributed by atoms with van der Waals surface area (Å²) in [5.74, 6) is -0.414. The third-order valence-electron chi connectivity index (χ3n) is 7.10. The maximum atomic E-state index is 13.4. The molecule has 1 aliphatic heterocycles. The van der Waals surface area contributed by atoms with Crippen molar-refractivity contribution in [3.8, 4) is 0 Å². The monoisotopic (exact) mass is 513 g/mol. The van der Waals surface area contributed by atoms with Crippen molar-refractivity contribution in [2.45, 2.75) is 37.9 Å². The molecule has 1 aromatic heterocycles. The molecule has 1 saturated heterocycles. The molecule has 0 bridgehead atoms. The minimum Gasteiger partial charge on any atom is -0.370 e. The standard InChI is InChI=1S/C29H31N5O2S/c30-26(35)17-20-33-24-13-7-8-14-25(24)34(29(33)36)23-15-18-32(19-16-23)28(37)31-27(21-9-3-1-4-10-21)22-11-5-2-6-12-22/h1-14,23,27H,15-20H2,(H2,30,35)(H,31,37). The number of benzene rings is 3. The van der Waals surface area contributed by atoms with Crippen molar-refractivity contribution >= 4 is 34.3 Å². The number of nitrogens with one attached hydrogen (secondary N) is 1. The van der Waals surface area contributed by atoms with Crippen LogP contribution >= 0.6 is 12.2 Å². The van der Waals surface area contributed by atoms with Crippen LogP contribution in [0.3, 0.4) is 0 Å². The van der Waals surface area contributed by atoms with E-state index < -0.39 is 5.91 Å². The average Bonchev–Trinajstić information content (AvgIpc) is 3.22. The van der Waals surface area contributed by atoms with E-state index in [9.17, 15) is 9.59 Å². The van der Waals surface area contributed by atoms with Gasteiger partial charge in [-0.05, 0) is 48.3 Å². The Bertz CT molecular complexity index is 1400. The first-order chi connectivity index (χ1) is 18.0. The summed E-state index contributed by atoms with van der Waals surface area (Å²) in [4.78, 5) is 27.0.